The Balaban J connectivity index is 0. The number of halogens is 1. The minimum absolute atomic E-state index is 0. The van der Waals surface area contributed by atoms with E-state index in [2.05, 4.69) is 0 Å². The second-order valence-corrected chi connectivity index (χ2v) is 4.39. The van der Waals surface area contributed by atoms with E-state index < -0.39 is 0 Å². The lowest BCUT2D eigenvalue weighted by Gasteiger charge is -2.15. The van der Waals surface area contributed by atoms with Gasteiger partial charge in [0.1, 0.15) is 10.8 Å². The first-order chi connectivity index (χ1) is 5.70. The summed E-state index contributed by atoms with van der Waals surface area (Å²) in [5, 5.41) is 21.1. The van der Waals surface area contributed by atoms with E-state index in [4.69, 9.17) is 10.5 Å². The summed E-state index contributed by atoms with van der Waals surface area (Å²) in [5.74, 6) is 0.715. The van der Waals surface area contributed by atoms with Crippen LogP contribution < -0.4 is 0 Å². The van der Waals surface area contributed by atoms with Crippen LogP contribution in [0.1, 0.15) is 0 Å². The fraction of sp³-hybridized carbons (Fsp3) is 0.714. The Morgan fingerprint density at radius 1 is 1.31 bits per heavy atom. The molecule has 0 aliphatic carbocycles. The number of hydrogen-bond acceptors (Lipinski definition) is 5. The van der Waals surface area contributed by atoms with Crippen LogP contribution in [-0.4, -0.2) is 36.5 Å². The Morgan fingerprint density at radius 3 is 2.31 bits per heavy atom. The molecule has 0 saturated carbocycles. The number of rotatable bonds is 5. The van der Waals surface area contributed by atoms with Gasteiger partial charge in [0.2, 0.25) is 0 Å². The van der Waals surface area contributed by atoms with E-state index in [0.29, 0.717) is 5.75 Å². The fourth-order valence-electron chi connectivity index (χ4n) is 0.736. The predicted molar refractivity (Wildman–Crippen MR) is 60.9 cm³/mol. The molecular formula is C7H12ClN3S2. The van der Waals surface area contributed by atoms with E-state index >= 15 is 0 Å². The molecule has 0 fully saturated rings. The molecule has 74 valence electrons. The number of nitrogens with zero attached hydrogens (tertiary/aromatic N) is 3. The third-order valence-corrected chi connectivity index (χ3v) is 2.79. The van der Waals surface area contributed by atoms with Crippen LogP contribution in [0.4, 0.5) is 0 Å². The first kappa shape index (κ1) is 15.4. The minimum atomic E-state index is 0. The van der Waals surface area contributed by atoms with Gasteiger partial charge in [0.15, 0.2) is 0 Å². The summed E-state index contributed by atoms with van der Waals surface area (Å²) in [6.07, 6.45) is 0. The van der Waals surface area contributed by atoms with E-state index in [0.717, 1.165) is 6.54 Å². The van der Waals surface area contributed by atoms with Crippen molar-refractivity contribution in [2.45, 2.75) is 5.25 Å². The zero-order chi connectivity index (χ0) is 9.40. The summed E-state index contributed by atoms with van der Waals surface area (Å²) in [6, 6.07) is 0. The van der Waals surface area contributed by atoms with Crippen LogP contribution in [-0.2, 0) is 0 Å². The summed E-state index contributed by atoms with van der Waals surface area (Å²) in [7, 11) is 3.92. The largest absolute Gasteiger partial charge is 0.308 e. The van der Waals surface area contributed by atoms with Crippen LogP contribution in [0.2, 0.25) is 0 Å². The Kier molecular flexibility index (Phi) is 11.9. The normalized spacial score (nSPS) is 11.2. The first-order valence-corrected chi connectivity index (χ1v) is 5.27. The molecule has 0 aromatic rings. The summed E-state index contributed by atoms with van der Waals surface area (Å²) in [4.78, 5) is 2.02. The SMILES string of the molecule is CN(C)CC(CSC#N)SC#N.Cl. The molecule has 0 amide bonds. The minimum Gasteiger partial charge on any atom is -0.308 e. The highest BCUT2D eigenvalue weighted by atomic mass is 35.5. The highest BCUT2D eigenvalue weighted by molar-refractivity contribution is 8.07. The van der Waals surface area contributed by atoms with Gasteiger partial charge >= 0.3 is 0 Å². The van der Waals surface area contributed by atoms with Crippen molar-refractivity contribution in [3.05, 3.63) is 0 Å². The Labute approximate surface area is 93.9 Å². The number of thiocyanates is 2. The molecule has 13 heavy (non-hydrogen) atoms. The summed E-state index contributed by atoms with van der Waals surface area (Å²) >= 11 is 2.44. The lowest BCUT2D eigenvalue weighted by atomic mass is 10.4. The van der Waals surface area contributed by atoms with Crippen molar-refractivity contribution in [1.82, 2.24) is 4.90 Å². The number of nitriles is 2. The third-order valence-electron chi connectivity index (χ3n) is 1.12. The fourth-order valence-corrected chi connectivity index (χ4v) is 2.10. The number of thioether (sulfide) groups is 2. The molecule has 1 atom stereocenters. The third kappa shape index (κ3) is 9.85. The Hall–Kier alpha value is -0.0700. The summed E-state index contributed by atoms with van der Waals surface area (Å²) in [6.45, 7) is 0.840. The molecule has 0 rings (SSSR count). The summed E-state index contributed by atoms with van der Waals surface area (Å²) in [5.41, 5.74) is 0. The molecule has 0 saturated heterocycles. The Morgan fingerprint density at radius 2 is 1.92 bits per heavy atom. The molecular weight excluding hydrogens is 226 g/mol. The quantitative estimate of drug-likeness (QED) is 0.683. The summed E-state index contributed by atoms with van der Waals surface area (Å²) < 4.78 is 0. The highest BCUT2D eigenvalue weighted by Gasteiger charge is 2.10. The molecule has 0 bridgehead atoms. The zero-order valence-corrected chi connectivity index (χ0v) is 10.0. The van der Waals surface area contributed by atoms with E-state index in [1.165, 1.54) is 23.5 Å². The van der Waals surface area contributed by atoms with Gasteiger partial charge in [-0.25, -0.2) is 0 Å². The van der Waals surface area contributed by atoms with Gasteiger partial charge in [-0.05, 0) is 37.6 Å². The smallest absolute Gasteiger partial charge is 0.133 e. The average molecular weight is 238 g/mol. The van der Waals surface area contributed by atoms with Crippen LogP contribution in [0.25, 0.3) is 0 Å². The van der Waals surface area contributed by atoms with E-state index in [9.17, 15) is 0 Å². The molecule has 6 heteroatoms. The van der Waals surface area contributed by atoms with Crippen LogP contribution in [0, 0.1) is 21.3 Å². The molecule has 0 N–H and O–H groups in total. The standard InChI is InChI=1S/C7H11N3S2.ClH/c1-10(2)3-7(12-6-9)4-11-5-8;/h7H,3-4H2,1-2H3;1H. The lowest BCUT2D eigenvalue weighted by molar-refractivity contribution is 0.415. The highest BCUT2D eigenvalue weighted by Crippen LogP contribution is 2.15. The van der Waals surface area contributed by atoms with Gasteiger partial charge in [-0.15, -0.1) is 12.4 Å². The number of hydrogen-bond donors (Lipinski definition) is 0. The van der Waals surface area contributed by atoms with Crippen molar-refractivity contribution in [3.63, 3.8) is 0 Å². The van der Waals surface area contributed by atoms with Crippen molar-refractivity contribution < 1.29 is 0 Å². The maximum Gasteiger partial charge on any atom is 0.133 e. The van der Waals surface area contributed by atoms with Crippen LogP contribution in [0.5, 0.6) is 0 Å². The molecule has 0 aliphatic heterocycles. The van der Waals surface area contributed by atoms with Crippen molar-refractivity contribution in [1.29, 1.82) is 10.5 Å². The van der Waals surface area contributed by atoms with Crippen LogP contribution in [0.15, 0.2) is 0 Å². The van der Waals surface area contributed by atoms with Crippen molar-refractivity contribution in [3.8, 4) is 10.8 Å². The molecule has 3 nitrogen and oxygen atoms in total. The van der Waals surface area contributed by atoms with Gasteiger partial charge in [-0.1, -0.05) is 0 Å². The van der Waals surface area contributed by atoms with E-state index in [-0.39, 0.29) is 17.7 Å². The van der Waals surface area contributed by atoms with Gasteiger partial charge in [-0.3, -0.25) is 0 Å². The second kappa shape index (κ2) is 10.0. The Bertz CT molecular complexity index is 197. The van der Waals surface area contributed by atoms with Gasteiger partial charge in [0.05, 0.1) is 0 Å². The van der Waals surface area contributed by atoms with Gasteiger partial charge in [-0.2, -0.15) is 10.5 Å². The molecule has 1 unspecified atom stereocenters. The van der Waals surface area contributed by atoms with Gasteiger partial charge in [0, 0.05) is 17.5 Å². The van der Waals surface area contributed by atoms with Crippen LogP contribution >= 0.6 is 35.9 Å². The monoisotopic (exact) mass is 237 g/mol. The molecule has 0 radical (unpaired) electrons. The zero-order valence-electron chi connectivity index (χ0n) is 7.56. The van der Waals surface area contributed by atoms with Gasteiger partial charge < -0.3 is 4.90 Å². The average Bonchev–Trinajstić information content (AvgIpc) is 2.00. The van der Waals surface area contributed by atoms with Crippen LogP contribution in [0.3, 0.4) is 0 Å². The van der Waals surface area contributed by atoms with Crippen molar-refractivity contribution in [2.75, 3.05) is 26.4 Å². The second-order valence-electron chi connectivity index (χ2n) is 2.50. The predicted octanol–water partition coefficient (Wildman–Crippen LogP) is 1.77. The topological polar surface area (TPSA) is 50.8 Å². The molecule has 0 aliphatic rings. The van der Waals surface area contributed by atoms with Crippen molar-refractivity contribution >= 4 is 35.9 Å². The molecule has 0 spiro atoms. The molecule has 0 aromatic carbocycles. The molecule has 0 heterocycles. The van der Waals surface area contributed by atoms with E-state index in [1.54, 1.807) is 0 Å². The van der Waals surface area contributed by atoms with Gasteiger partial charge in [0.25, 0.3) is 0 Å². The maximum absolute atomic E-state index is 8.45. The van der Waals surface area contributed by atoms with Crippen molar-refractivity contribution in [2.24, 2.45) is 0 Å². The molecule has 0 aromatic heterocycles. The lowest BCUT2D eigenvalue weighted by Crippen LogP contribution is -2.24. The maximum atomic E-state index is 8.45. The first-order valence-electron chi connectivity index (χ1n) is 3.41. The van der Waals surface area contributed by atoms with E-state index in [1.807, 2.05) is 29.8 Å².